The average molecular weight is 375 g/mol. The summed E-state index contributed by atoms with van der Waals surface area (Å²) >= 11 is 0. The summed E-state index contributed by atoms with van der Waals surface area (Å²) in [4.78, 5) is 17.6. The number of nitrogens with zero attached hydrogens (tertiary/aromatic N) is 2. The number of nitrogens with one attached hydrogen (secondary N) is 1. The molecule has 144 valence electrons. The van der Waals surface area contributed by atoms with Gasteiger partial charge in [0.1, 0.15) is 18.0 Å². The topological polar surface area (TPSA) is 55.6 Å². The van der Waals surface area contributed by atoms with Crippen LogP contribution in [-0.2, 0) is 6.61 Å². The van der Waals surface area contributed by atoms with Crippen molar-refractivity contribution in [2.24, 2.45) is 11.8 Å². The lowest BCUT2D eigenvalue weighted by molar-refractivity contribution is 0.0921. The molecule has 0 bridgehead atoms. The second-order valence-corrected chi connectivity index (χ2v) is 8.11. The maximum atomic E-state index is 12.9. The zero-order valence-corrected chi connectivity index (χ0v) is 16.1. The van der Waals surface area contributed by atoms with Crippen molar-refractivity contribution in [2.75, 3.05) is 0 Å². The zero-order chi connectivity index (χ0) is 19.1. The van der Waals surface area contributed by atoms with Gasteiger partial charge in [-0.15, -0.1) is 0 Å². The van der Waals surface area contributed by atoms with Crippen molar-refractivity contribution in [2.45, 2.75) is 45.3 Å². The van der Waals surface area contributed by atoms with Crippen LogP contribution >= 0.6 is 0 Å². The number of benzene rings is 1. The molecule has 2 saturated carbocycles. The predicted octanol–water partition coefficient (Wildman–Crippen LogP) is 4.14. The normalized spacial score (nSPS) is 16.5. The van der Waals surface area contributed by atoms with Crippen LogP contribution in [0.25, 0.3) is 5.65 Å². The Morgan fingerprint density at radius 3 is 2.64 bits per heavy atom. The number of aryl methyl sites for hydroxylation is 1. The standard InChI is InChI=1S/C23H25N3O2/c1-15-5-4-12-26-13-18(24-22(15)26)14-28-20-7-3-2-6-19(20)23(27)25-21(16-8-9-16)17-10-11-17/h2-7,12-13,16-17,21H,8-11,14H2,1H3,(H,25,27). The number of carbonyl (C=O) groups excluding carboxylic acids is 1. The highest BCUT2D eigenvalue weighted by Gasteiger charge is 2.42. The molecule has 2 aliphatic carbocycles. The van der Waals surface area contributed by atoms with Gasteiger partial charge in [-0.1, -0.05) is 18.2 Å². The molecule has 2 heterocycles. The van der Waals surface area contributed by atoms with Crippen LogP contribution < -0.4 is 10.1 Å². The van der Waals surface area contributed by atoms with Gasteiger partial charge in [-0.3, -0.25) is 4.79 Å². The summed E-state index contributed by atoms with van der Waals surface area (Å²) in [5, 5.41) is 3.29. The number of carbonyl (C=O) groups is 1. The maximum absolute atomic E-state index is 12.9. The molecular weight excluding hydrogens is 350 g/mol. The van der Waals surface area contributed by atoms with E-state index in [4.69, 9.17) is 4.74 Å². The highest BCUT2D eigenvalue weighted by atomic mass is 16.5. The molecular formula is C23H25N3O2. The van der Waals surface area contributed by atoms with Crippen molar-refractivity contribution in [1.29, 1.82) is 0 Å². The molecule has 2 aliphatic rings. The number of pyridine rings is 1. The highest BCUT2D eigenvalue weighted by molar-refractivity contribution is 5.97. The number of rotatable bonds is 7. The van der Waals surface area contributed by atoms with E-state index in [0.717, 1.165) is 16.9 Å². The fourth-order valence-electron chi connectivity index (χ4n) is 3.97. The van der Waals surface area contributed by atoms with Gasteiger partial charge in [-0.25, -0.2) is 4.98 Å². The molecule has 5 heteroatoms. The van der Waals surface area contributed by atoms with Crippen molar-refractivity contribution in [3.63, 3.8) is 0 Å². The van der Waals surface area contributed by atoms with E-state index in [-0.39, 0.29) is 5.91 Å². The number of imidazole rings is 1. The van der Waals surface area contributed by atoms with Crippen LogP contribution in [0.4, 0.5) is 0 Å². The fourth-order valence-corrected chi connectivity index (χ4v) is 3.97. The van der Waals surface area contributed by atoms with Crippen LogP contribution in [0.5, 0.6) is 5.75 Å². The first-order chi connectivity index (χ1) is 13.7. The van der Waals surface area contributed by atoms with E-state index in [1.54, 1.807) is 0 Å². The molecule has 1 N–H and O–H groups in total. The summed E-state index contributed by atoms with van der Waals surface area (Å²) in [5.41, 5.74) is 3.51. The summed E-state index contributed by atoms with van der Waals surface area (Å²) in [6.07, 6.45) is 8.93. The van der Waals surface area contributed by atoms with Crippen molar-refractivity contribution in [3.05, 3.63) is 65.6 Å². The summed E-state index contributed by atoms with van der Waals surface area (Å²) in [6, 6.07) is 11.9. The third kappa shape index (κ3) is 3.49. The van der Waals surface area contributed by atoms with E-state index in [2.05, 4.69) is 10.3 Å². The van der Waals surface area contributed by atoms with Gasteiger partial charge in [0.2, 0.25) is 0 Å². The first kappa shape index (κ1) is 17.3. The van der Waals surface area contributed by atoms with E-state index in [9.17, 15) is 4.79 Å². The molecule has 1 aromatic carbocycles. The predicted molar refractivity (Wildman–Crippen MR) is 107 cm³/mol. The van der Waals surface area contributed by atoms with Crippen LogP contribution in [0.3, 0.4) is 0 Å². The summed E-state index contributed by atoms with van der Waals surface area (Å²) in [6.45, 7) is 2.38. The summed E-state index contributed by atoms with van der Waals surface area (Å²) in [5.74, 6) is 1.93. The Hall–Kier alpha value is -2.82. The van der Waals surface area contributed by atoms with Crippen molar-refractivity contribution in [1.82, 2.24) is 14.7 Å². The lowest BCUT2D eigenvalue weighted by Crippen LogP contribution is -2.38. The number of fused-ring (bicyclic) bond motifs is 1. The fraction of sp³-hybridized carbons (Fsp3) is 0.391. The molecule has 0 spiro atoms. The molecule has 0 radical (unpaired) electrons. The first-order valence-electron chi connectivity index (χ1n) is 10.1. The molecule has 0 atom stereocenters. The molecule has 2 fully saturated rings. The van der Waals surface area contributed by atoms with Gasteiger partial charge in [0, 0.05) is 18.4 Å². The monoisotopic (exact) mass is 375 g/mol. The minimum absolute atomic E-state index is 0.0229. The van der Waals surface area contributed by atoms with E-state index in [1.165, 1.54) is 25.7 Å². The second-order valence-electron chi connectivity index (χ2n) is 8.11. The van der Waals surface area contributed by atoms with E-state index < -0.39 is 0 Å². The Morgan fingerprint density at radius 2 is 1.93 bits per heavy atom. The van der Waals surface area contributed by atoms with E-state index >= 15 is 0 Å². The molecule has 1 amide bonds. The minimum atomic E-state index is -0.0229. The third-order valence-corrected chi connectivity index (χ3v) is 5.79. The van der Waals surface area contributed by atoms with Gasteiger partial charge < -0.3 is 14.5 Å². The van der Waals surface area contributed by atoms with Crippen LogP contribution in [0, 0.1) is 18.8 Å². The number of hydrogen-bond acceptors (Lipinski definition) is 3. The molecule has 0 unspecified atom stereocenters. The Labute approximate surface area is 164 Å². The second kappa shape index (κ2) is 6.97. The van der Waals surface area contributed by atoms with Crippen molar-refractivity contribution >= 4 is 11.6 Å². The average Bonchev–Trinajstić information content (AvgIpc) is 3.63. The molecule has 3 aromatic rings. The molecule has 0 aliphatic heterocycles. The lowest BCUT2D eigenvalue weighted by atomic mass is 10.1. The van der Waals surface area contributed by atoms with Gasteiger partial charge >= 0.3 is 0 Å². The lowest BCUT2D eigenvalue weighted by Gasteiger charge is -2.19. The number of aromatic nitrogens is 2. The number of ether oxygens (including phenoxy) is 1. The van der Waals surface area contributed by atoms with E-state index in [0.29, 0.717) is 35.8 Å². The van der Waals surface area contributed by atoms with Crippen molar-refractivity contribution in [3.8, 4) is 5.75 Å². The van der Waals surface area contributed by atoms with Gasteiger partial charge in [0.25, 0.3) is 5.91 Å². The molecule has 28 heavy (non-hydrogen) atoms. The van der Waals surface area contributed by atoms with Gasteiger partial charge in [-0.05, 0) is 68.2 Å². The summed E-state index contributed by atoms with van der Waals surface area (Å²) < 4.78 is 8.01. The van der Waals surface area contributed by atoms with Crippen LogP contribution in [0.1, 0.15) is 47.3 Å². The minimum Gasteiger partial charge on any atom is -0.486 e. The van der Waals surface area contributed by atoms with Crippen molar-refractivity contribution < 1.29 is 9.53 Å². The number of amides is 1. The number of para-hydroxylation sites is 1. The van der Waals surface area contributed by atoms with Gasteiger partial charge in [0.05, 0.1) is 11.3 Å². The Bertz CT molecular complexity index is 1010. The smallest absolute Gasteiger partial charge is 0.255 e. The maximum Gasteiger partial charge on any atom is 0.255 e. The van der Waals surface area contributed by atoms with Crippen LogP contribution in [-0.4, -0.2) is 21.3 Å². The van der Waals surface area contributed by atoms with Crippen LogP contribution in [0.2, 0.25) is 0 Å². The number of hydrogen-bond donors (Lipinski definition) is 1. The van der Waals surface area contributed by atoms with E-state index in [1.807, 2.05) is 60.1 Å². The largest absolute Gasteiger partial charge is 0.486 e. The first-order valence-corrected chi connectivity index (χ1v) is 10.1. The SMILES string of the molecule is Cc1cccn2cc(COc3ccccc3C(=O)NC(C3CC3)C3CC3)nc12. The molecule has 5 rings (SSSR count). The Morgan fingerprint density at radius 1 is 1.18 bits per heavy atom. The van der Waals surface area contributed by atoms with Crippen LogP contribution in [0.15, 0.2) is 48.8 Å². The van der Waals surface area contributed by atoms with Gasteiger partial charge in [-0.2, -0.15) is 0 Å². The molecule has 5 nitrogen and oxygen atoms in total. The summed E-state index contributed by atoms with van der Waals surface area (Å²) in [7, 11) is 0. The zero-order valence-electron chi connectivity index (χ0n) is 16.1. The Kier molecular flexibility index (Phi) is 4.30. The van der Waals surface area contributed by atoms with Gasteiger partial charge in [0.15, 0.2) is 0 Å². The molecule has 0 saturated heterocycles. The third-order valence-electron chi connectivity index (χ3n) is 5.79. The molecule has 2 aromatic heterocycles. The quantitative estimate of drug-likeness (QED) is 0.675. The highest BCUT2D eigenvalue weighted by Crippen LogP contribution is 2.44. The Balaban J connectivity index is 1.31.